The number of likely N-dealkylation sites (tertiary alicyclic amines) is 1. The molecule has 1 aliphatic heterocycles. The molecule has 1 aliphatic rings. The van der Waals surface area contributed by atoms with E-state index in [0.29, 0.717) is 13.0 Å². The molecule has 2 rings (SSSR count). The Morgan fingerprint density at radius 2 is 1.91 bits per heavy atom. The van der Waals surface area contributed by atoms with Crippen molar-refractivity contribution in [3.8, 4) is 0 Å². The lowest BCUT2D eigenvalue weighted by Gasteiger charge is -2.19. The maximum Gasteiger partial charge on any atom is 0.407 e. The van der Waals surface area contributed by atoms with Gasteiger partial charge in [0.15, 0.2) is 5.82 Å². The summed E-state index contributed by atoms with van der Waals surface area (Å²) in [5.41, 5.74) is -0.605. The van der Waals surface area contributed by atoms with Gasteiger partial charge >= 0.3 is 12.1 Å². The number of nitrogens with zero attached hydrogens (tertiary/aromatic N) is 3. The van der Waals surface area contributed by atoms with Crippen LogP contribution >= 0.6 is 0 Å². The summed E-state index contributed by atoms with van der Waals surface area (Å²) in [4.78, 5) is 54.5. The quantitative estimate of drug-likeness (QED) is 0.474. The molecule has 3 N–H and O–H groups in total. The van der Waals surface area contributed by atoms with Crippen molar-refractivity contribution in [2.75, 3.05) is 32.1 Å². The normalized spacial score (nSPS) is 18.5. The van der Waals surface area contributed by atoms with Crippen LogP contribution in [0.1, 0.15) is 51.2 Å². The first-order chi connectivity index (χ1) is 15.4. The number of hydrogen-bond donors (Lipinski definition) is 3. The number of amides is 3. The van der Waals surface area contributed by atoms with Crippen LogP contribution in [0.25, 0.3) is 0 Å². The molecule has 33 heavy (non-hydrogen) atoms. The lowest BCUT2D eigenvalue weighted by molar-refractivity contribution is -0.122. The van der Waals surface area contributed by atoms with Gasteiger partial charge in [-0.3, -0.25) is 14.5 Å². The average Bonchev–Trinajstić information content (AvgIpc) is 3.22. The van der Waals surface area contributed by atoms with Crippen LogP contribution in [0.5, 0.6) is 0 Å². The Balaban J connectivity index is 1.81. The molecule has 1 saturated heterocycles. The Labute approximate surface area is 193 Å². The van der Waals surface area contributed by atoms with E-state index in [1.807, 2.05) is 4.90 Å². The molecule has 2 unspecified atom stereocenters. The van der Waals surface area contributed by atoms with Crippen LogP contribution in [-0.2, 0) is 26.1 Å². The van der Waals surface area contributed by atoms with Crippen LogP contribution < -0.4 is 16.0 Å². The molecule has 1 fully saturated rings. The molecule has 0 aliphatic carbocycles. The molecule has 0 aromatic carbocycles. The van der Waals surface area contributed by atoms with Crippen molar-refractivity contribution in [2.24, 2.45) is 7.05 Å². The van der Waals surface area contributed by atoms with Gasteiger partial charge in [0.1, 0.15) is 5.60 Å². The van der Waals surface area contributed by atoms with Gasteiger partial charge in [0, 0.05) is 38.8 Å². The number of aromatic nitrogens is 2. The van der Waals surface area contributed by atoms with E-state index in [1.165, 1.54) is 10.8 Å². The summed E-state index contributed by atoms with van der Waals surface area (Å²) in [6, 6.07) is -0.679. The lowest BCUT2D eigenvalue weighted by Crippen LogP contribution is -2.39. The number of rotatable bonds is 8. The van der Waals surface area contributed by atoms with Gasteiger partial charge < -0.3 is 30.0 Å². The van der Waals surface area contributed by atoms with Gasteiger partial charge in [-0.05, 0) is 41.2 Å². The minimum absolute atomic E-state index is 0.0945. The Bertz CT molecular complexity index is 877. The summed E-state index contributed by atoms with van der Waals surface area (Å²) in [6.07, 6.45) is 1.48. The number of anilines is 1. The zero-order chi connectivity index (χ0) is 24.8. The first-order valence-corrected chi connectivity index (χ1v) is 10.9. The number of likely N-dealkylation sites (N-methyl/N-ethyl adjacent to an activating group) is 1. The second-order valence-electron chi connectivity index (χ2n) is 8.90. The minimum Gasteiger partial charge on any atom is -0.460 e. The summed E-state index contributed by atoms with van der Waals surface area (Å²) in [6.45, 7) is 7.85. The maximum absolute atomic E-state index is 12.7. The number of aryl methyl sites for hydroxylation is 1. The number of nitrogens with one attached hydrogen (secondary N) is 3. The number of hydrogen-bond acceptors (Lipinski definition) is 8. The minimum atomic E-state index is -0.605. The number of carbonyl (C=O) groups is 4. The van der Waals surface area contributed by atoms with Crippen LogP contribution in [0, 0.1) is 0 Å². The number of esters is 1. The molecule has 1 aromatic heterocycles. The molecule has 2 heterocycles. The van der Waals surface area contributed by atoms with E-state index in [-0.39, 0.29) is 49.1 Å². The highest BCUT2D eigenvalue weighted by Gasteiger charge is 2.35. The van der Waals surface area contributed by atoms with E-state index in [9.17, 15) is 19.2 Å². The van der Waals surface area contributed by atoms with E-state index in [2.05, 4.69) is 20.9 Å². The van der Waals surface area contributed by atoms with Crippen LogP contribution in [0.15, 0.2) is 6.20 Å². The third-order valence-corrected chi connectivity index (χ3v) is 4.82. The number of ether oxygens (including phenoxy) is 2. The number of imidazole rings is 1. The summed E-state index contributed by atoms with van der Waals surface area (Å²) < 4.78 is 11.6. The Kier molecular flexibility index (Phi) is 8.80. The van der Waals surface area contributed by atoms with E-state index in [4.69, 9.17) is 9.47 Å². The lowest BCUT2D eigenvalue weighted by atomic mass is 10.1. The number of alkyl carbamates (subject to hydrolysis) is 1. The zero-order valence-corrected chi connectivity index (χ0v) is 20.1. The van der Waals surface area contributed by atoms with Crippen LogP contribution in [0.3, 0.4) is 0 Å². The van der Waals surface area contributed by atoms with Crippen LogP contribution in [0.2, 0.25) is 0 Å². The molecular weight excluding hydrogens is 432 g/mol. The van der Waals surface area contributed by atoms with E-state index in [0.717, 1.165) is 0 Å². The molecule has 184 valence electrons. The molecule has 12 heteroatoms. The molecule has 0 spiro atoms. The van der Waals surface area contributed by atoms with Crippen molar-refractivity contribution in [1.82, 2.24) is 25.1 Å². The van der Waals surface area contributed by atoms with Gasteiger partial charge in [-0.1, -0.05) is 0 Å². The topological polar surface area (TPSA) is 144 Å². The first kappa shape index (κ1) is 26.1. The van der Waals surface area contributed by atoms with Crippen molar-refractivity contribution >= 4 is 29.7 Å². The summed E-state index contributed by atoms with van der Waals surface area (Å²) in [7, 11) is 3.43. The smallest absolute Gasteiger partial charge is 0.407 e. The van der Waals surface area contributed by atoms with Crippen LogP contribution in [0.4, 0.5) is 10.6 Å². The first-order valence-electron chi connectivity index (χ1n) is 10.9. The average molecular weight is 467 g/mol. The van der Waals surface area contributed by atoms with Gasteiger partial charge in [-0.15, -0.1) is 0 Å². The predicted octanol–water partition coefficient (Wildman–Crippen LogP) is 0.639. The Morgan fingerprint density at radius 1 is 1.21 bits per heavy atom. The molecule has 0 saturated carbocycles. The standard InChI is InChI=1S/C21H34N6O6/c1-7-32-19(30)17-24-15(12-27(17)6)25-18(29)14-10-13(11-26(14)5)23-16(28)8-9-22-20(31)33-21(2,3)4/h12-14H,7-11H2,1-6H3,(H,22,31)(H,23,28)(H,25,29). The molecular formula is C21H34N6O6. The molecule has 0 radical (unpaired) electrons. The van der Waals surface area contributed by atoms with E-state index in [1.54, 1.807) is 41.8 Å². The fraction of sp³-hybridized carbons (Fsp3) is 0.667. The third-order valence-electron chi connectivity index (χ3n) is 4.82. The highest BCUT2D eigenvalue weighted by Crippen LogP contribution is 2.18. The molecule has 2 atom stereocenters. The van der Waals surface area contributed by atoms with Gasteiger partial charge in [0.2, 0.25) is 17.6 Å². The molecule has 12 nitrogen and oxygen atoms in total. The fourth-order valence-electron chi connectivity index (χ4n) is 3.42. The second kappa shape index (κ2) is 11.1. The van der Waals surface area contributed by atoms with E-state index < -0.39 is 23.7 Å². The number of carbonyl (C=O) groups excluding carboxylic acids is 4. The highest BCUT2D eigenvalue weighted by atomic mass is 16.6. The second-order valence-corrected chi connectivity index (χ2v) is 8.90. The van der Waals surface area contributed by atoms with Gasteiger partial charge in [-0.25, -0.2) is 14.6 Å². The zero-order valence-electron chi connectivity index (χ0n) is 20.1. The van der Waals surface area contributed by atoms with Gasteiger partial charge in [0.25, 0.3) is 0 Å². The van der Waals surface area contributed by atoms with Gasteiger partial charge in [0.05, 0.1) is 12.6 Å². The third kappa shape index (κ3) is 8.04. The van der Waals surface area contributed by atoms with Crippen molar-refractivity contribution in [3.63, 3.8) is 0 Å². The van der Waals surface area contributed by atoms with Crippen molar-refractivity contribution in [3.05, 3.63) is 12.0 Å². The summed E-state index contributed by atoms with van der Waals surface area (Å²) in [5, 5.41) is 8.15. The highest BCUT2D eigenvalue weighted by molar-refractivity contribution is 5.95. The molecule has 3 amide bonds. The maximum atomic E-state index is 12.7. The van der Waals surface area contributed by atoms with Crippen molar-refractivity contribution < 1.29 is 28.7 Å². The Morgan fingerprint density at radius 3 is 2.55 bits per heavy atom. The Hall–Kier alpha value is -3.15. The van der Waals surface area contributed by atoms with Crippen LogP contribution in [-0.4, -0.2) is 82.8 Å². The van der Waals surface area contributed by atoms with Crippen molar-refractivity contribution in [1.29, 1.82) is 0 Å². The SMILES string of the molecule is CCOC(=O)c1nc(NC(=O)C2CC(NC(=O)CCNC(=O)OC(C)(C)C)CN2C)cn1C. The molecule has 0 bridgehead atoms. The summed E-state index contributed by atoms with van der Waals surface area (Å²) >= 11 is 0. The monoisotopic (exact) mass is 466 g/mol. The predicted molar refractivity (Wildman–Crippen MR) is 120 cm³/mol. The van der Waals surface area contributed by atoms with Gasteiger partial charge in [-0.2, -0.15) is 0 Å². The molecule has 1 aromatic rings. The van der Waals surface area contributed by atoms with E-state index >= 15 is 0 Å². The van der Waals surface area contributed by atoms with Crippen molar-refractivity contribution in [2.45, 2.75) is 58.2 Å². The fourth-order valence-corrected chi connectivity index (χ4v) is 3.42. The summed E-state index contributed by atoms with van der Waals surface area (Å²) in [5.74, 6) is -0.734. The largest absolute Gasteiger partial charge is 0.460 e.